The molecule has 2 aromatic rings. The number of hydrogen-bond acceptors (Lipinski definition) is 3. The van der Waals surface area contributed by atoms with Gasteiger partial charge in [-0.2, -0.15) is 0 Å². The first-order chi connectivity index (χ1) is 10.6. The molecule has 22 heavy (non-hydrogen) atoms. The lowest BCUT2D eigenvalue weighted by Crippen LogP contribution is -2.54. The number of hydrogen-bond donors (Lipinski definition) is 2. The monoisotopic (exact) mass is 295 g/mol. The Morgan fingerprint density at radius 2 is 1.73 bits per heavy atom. The van der Waals surface area contributed by atoms with Gasteiger partial charge in [0, 0.05) is 12.5 Å². The van der Waals surface area contributed by atoms with E-state index in [0.717, 1.165) is 29.7 Å². The smallest absolute Gasteiger partial charge is 0.131 e. The third-order valence-corrected chi connectivity index (χ3v) is 5.38. The molecule has 2 N–H and O–H groups in total. The largest absolute Gasteiger partial charge is 0.392 e. The van der Waals surface area contributed by atoms with Gasteiger partial charge in [-0.05, 0) is 30.2 Å². The van der Waals surface area contributed by atoms with E-state index >= 15 is 0 Å². The lowest BCUT2D eigenvalue weighted by molar-refractivity contribution is -0.0563. The van der Waals surface area contributed by atoms with Gasteiger partial charge in [-0.25, -0.2) is 0 Å². The Morgan fingerprint density at radius 3 is 2.50 bits per heavy atom. The maximum atomic E-state index is 11.7. The molecular weight excluding hydrogens is 274 g/mol. The van der Waals surface area contributed by atoms with E-state index in [-0.39, 0.29) is 12.0 Å². The number of piperidine rings is 1. The molecule has 4 atom stereocenters. The summed E-state index contributed by atoms with van der Waals surface area (Å²) in [5.74, 6) is -0.0415. The molecule has 4 unspecified atom stereocenters. The fraction of sp³-hybridized carbons (Fsp3) is 0.368. The van der Waals surface area contributed by atoms with E-state index in [1.54, 1.807) is 0 Å². The highest BCUT2D eigenvalue weighted by atomic mass is 16.3. The number of rotatable bonds is 1. The van der Waals surface area contributed by atoms with E-state index in [2.05, 4.69) is 11.0 Å². The summed E-state index contributed by atoms with van der Waals surface area (Å²) >= 11 is 0. The summed E-state index contributed by atoms with van der Waals surface area (Å²) in [6.07, 6.45) is 0.344. The predicted molar refractivity (Wildman–Crippen MR) is 85.7 cm³/mol. The molecule has 0 radical (unpaired) electrons. The van der Waals surface area contributed by atoms with Gasteiger partial charge in [0.25, 0.3) is 0 Å². The van der Waals surface area contributed by atoms with Gasteiger partial charge in [0.1, 0.15) is 5.60 Å². The van der Waals surface area contributed by atoms with Crippen LogP contribution in [0.3, 0.4) is 0 Å². The van der Waals surface area contributed by atoms with Crippen LogP contribution in [0.4, 0.5) is 0 Å². The maximum absolute atomic E-state index is 11.7. The molecule has 1 heterocycles. The van der Waals surface area contributed by atoms with E-state index in [9.17, 15) is 10.2 Å². The second-order valence-electron chi connectivity index (χ2n) is 6.53. The Balaban J connectivity index is 1.97. The van der Waals surface area contributed by atoms with Crippen LogP contribution in [-0.4, -0.2) is 40.9 Å². The van der Waals surface area contributed by atoms with Crippen molar-refractivity contribution in [1.82, 2.24) is 4.90 Å². The van der Waals surface area contributed by atoms with Crippen LogP contribution in [-0.2, 0) is 5.60 Å². The molecule has 1 fully saturated rings. The molecule has 0 spiro atoms. The van der Waals surface area contributed by atoms with Crippen molar-refractivity contribution in [3.8, 4) is 0 Å². The normalized spacial score (nSPS) is 34.2. The number of aliphatic hydroxyl groups is 2. The minimum absolute atomic E-state index is 0.0415. The van der Waals surface area contributed by atoms with Crippen molar-refractivity contribution in [3.63, 3.8) is 0 Å². The van der Waals surface area contributed by atoms with Gasteiger partial charge in [0.2, 0.25) is 0 Å². The first-order valence-corrected chi connectivity index (χ1v) is 7.89. The second kappa shape index (κ2) is 4.92. The van der Waals surface area contributed by atoms with Crippen molar-refractivity contribution in [2.24, 2.45) is 0 Å². The topological polar surface area (TPSA) is 43.7 Å². The van der Waals surface area contributed by atoms with Gasteiger partial charge in [-0.1, -0.05) is 54.6 Å². The maximum Gasteiger partial charge on any atom is 0.131 e. The number of fused-ring (bicyclic) bond motifs is 3. The van der Waals surface area contributed by atoms with Crippen molar-refractivity contribution in [3.05, 3.63) is 71.3 Å². The quantitative estimate of drug-likeness (QED) is 0.846. The van der Waals surface area contributed by atoms with Crippen LogP contribution in [0.1, 0.15) is 29.0 Å². The molecule has 114 valence electrons. The molecule has 0 saturated carbocycles. The van der Waals surface area contributed by atoms with E-state index in [4.69, 9.17) is 0 Å². The van der Waals surface area contributed by atoms with Gasteiger partial charge in [0.15, 0.2) is 0 Å². The van der Waals surface area contributed by atoms with Crippen LogP contribution >= 0.6 is 0 Å². The van der Waals surface area contributed by atoms with Crippen LogP contribution in [0.5, 0.6) is 0 Å². The molecule has 1 aliphatic heterocycles. The molecule has 2 aliphatic rings. The highest BCUT2D eigenvalue weighted by molar-refractivity contribution is 5.51. The highest BCUT2D eigenvalue weighted by Crippen LogP contribution is 2.53. The third kappa shape index (κ3) is 1.73. The Hall–Kier alpha value is -1.68. The summed E-state index contributed by atoms with van der Waals surface area (Å²) in [6.45, 7) is 0.797. The van der Waals surface area contributed by atoms with Crippen molar-refractivity contribution < 1.29 is 10.2 Å². The zero-order valence-electron chi connectivity index (χ0n) is 12.7. The van der Waals surface area contributed by atoms with Gasteiger partial charge in [0.05, 0.1) is 12.1 Å². The number of benzene rings is 2. The predicted octanol–water partition coefficient (Wildman–Crippen LogP) is 2.08. The summed E-state index contributed by atoms with van der Waals surface area (Å²) < 4.78 is 0. The van der Waals surface area contributed by atoms with Gasteiger partial charge >= 0.3 is 0 Å². The Morgan fingerprint density at radius 1 is 1.05 bits per heavy atom. The summed E-state index contributed by atoms with van der Waals surface area (Å²) in [6, 6.07) is 17.7. The fourth-order valence-electron chi connectivity index (χ4n) is 4.41. The minimum Gasteiger partial charge on any atom is -0.392 e. The molecule has 2 aromatic carbocycles. The Kier molecular flexibility index (Phi) is 3.12. The standard InChI is InChI=1S/C19H21NO2/c1-20-12-11-16(21)17-14-9-5-6-10-15(14)19(22,18(17)20)13-7-3-2-4-8-13/h2-10,16-18,21-22H,11-12H2,1H3. The summed E-state index contributed by atoms with van der Waals surface area (Å²) in [5, 5.41) is 22.3. The van der Waals surface area contributed by atoms with Crippen LogP contribution in [0.2, 0.25) is 0 Å². The summed E-state index contributed by atoms with van der Waals surface area (Å²) in [5.41, 5.74) is 1.84. The fourth-order valence-corrected chi connectivity index (χ4v) is 4.41. The van der Waals surface area contributed by atoms with E-state index < -0.39 is 11.7 Å². The number of nitrogens with zero attached hydrogens (tertiary/aromatic N) is 1. The third-order valence-electron chi connectivity index (χ3n) is 5.38. The highest BCUT2D eigenvalue weighted by Gasteiger charge is 2.57. The molecule has 0 bridgehead atoms. The first-order valence-electron chi connectivity index (χ1n) is 7.89. The number of aliphatic hydroxyl groups excluding tert-OH is 1. The first kappa shape index (κ1) is 13.9. The zero-order valence-corrected chi connectivity index (χ0v) is 12.7. The summed E-state index contributed by atoms with van der Waals surface area (Å²) in [7, 11) is 2.04. The van der Waals surface area contributed by atoms with Crippen molar-refractivity contribution in [2.45, 2.75) is 30.1 Å². The lowest BCUT2D eigenvalue weighted by Gasteiger charge is -2.44. The van der Waals surface area contributed by atoms with Gasteiger partial charge in [-0.15, -0.1) is 0 Å². The average molecular weight is 295 g/mol. The molecule has 3 heteroatoms. The molecule has 1 saturated heterocycles. The molecular formula is C19H21NO2. The molecule has 4 rings (SSSR count). The van der Waals surface area contributed by atoms with Crippen LogP contribution in [0, 0.1) is 0 Å². The van der Waals surface area contributed by atoms with E-state index in [0.29, 0.717) is 0 Å². The SMILES string of the molecule is CN1CCC(O)C2c3ccccc3C(O)(c3ccccc3)C21. The van der Waals surface area contributed by atoms with Crippen molar-refractivity contribution in [1.29, 1.82) is 0 Å². The molecule has 0 amide bonds. The molecule has 3 nitrogen and oxygen atoms in total. The van der Waals surface area contributed by atoms with Gasteiger partial charge in [-0.3, -0.25) is 4.90 Å². The zero-order chi connectivity index (χ0) is 15.3. The Bertz CT molecular complexity index is 687. The average Bonchev–Trinajstić information content (AvgIpc) is 2.84. The lowest BCUT2D eigenvalue weighted by atomic mass is 9.78. The van der Waals surface area contributed by atoms with E-state index in [1.807, 2.05) is 55.6 Å². The van der Waals surface area contributed by atoms with Crippen molar-refractivity contribution in [2.75, 3.05) is 13.6 Å². The van der Waals surface area contributed by atoms with Crippen LogP contribution in [0.15, 0.2) is 54.6 Å². The van der Waals surface area contributed by atoms with Crippen molar-refractivity contribution >= 4 is 0 Å². The molecule has 0 aromatic heterocycles. The number of likely N-dealkylation sites (N-methyl/N-ethyl adjacent to an activating group) is 1. The van der Waals surface area contributed by atoms with E-state index in [1.165, 1.54) is 0 Å². The van der Waals surface area contributed by atoms with Crippen LogP contribution < -0.4 is 0 Å². The molecule has 1 aliphatic carbocycles. The summed E-state index contributed by atoms with van der Waals surface area (Å²) in [4.78, 5) is 2.20. The van der Waals surface area contributed by atoms with Gasteiger partial charge < -0.3 is 10.2 Å². The Labute approximate surface area is 130 Å². The second-order valence-corrected chi connectivity index (χ2v) is 6.53. The van der Waals surface area contributed by atoms with Crippen LogP contribution in [0.25, 0.3) is 0 Å². The number of likely N-dealkylation sites (tertiary alicyclic amines) is 1. The minimum atomic E-state index is -1.07.